The normalized spacial score (nSPS) is 10.8. The van der Waals surface area contributed by atoms with Crippen molar-refractivity contribution in [3.63, 3.8) is 0 Å². The van der Waals surface area contributed by atoms with Gasteiger partial charge in [-0.25, -0.2) is 0 Å². The Kier molecular flexibility index (Phi) is 5.37. The van der Waals surface area contributed by atoms with Crippen molar-refractivity contribution in [1.29, 1.82) is 5.26 Å². The van der Waals surface area contributed by atoms with Gasteiger partial charge in [0.1, 0.15) is 11.6 Å². The Balaban J connectivity index is 2.22. The molecular formula is C16H10ClIN2O. The second-order valence-corrected chi connectivity index (χ2v) is 5.75. The standard InChI is InChI=1S/C16H10ClIN2O/c17-13-5-7-14(8-6-13)20-16(21)12(10-19)9-11-3-1-2-4-15(11)18/h1-9H,(H,20,21)/b12-9-. The number of hydrogen-bond acceptors (Lipinski definition) is 2. The number of rotatable bonds is 3. The van der Waals surface area contributed by atoms with Crippen LogP contribution in [-0.2, 0) is 4.79 Å². The molecule has 2 rings (SSSR count). The molecule has 0 saturated heterocycles. The van der Waals surface area contributed by atoms with Crippen LogP contribution < -0.4 is 5.32 Å². The molecule has 5 heteroatoms. The molecule has 0 aliphatic rings. The van der Waals surface area contributed by atoms with Crippen molar-refractivity contribution in [1.82, 2.24) is 0 Å². The first-order chi connectivity index (χ1) is 10.1. The minimum atomic E-state index is -0.445. The number of nitriles is 1. The van der Waals surface area contributed by atoms with Crippen molar-refractivity contribution < 1.29 is 4.79 Å². The van der Waals surface area contributed by atoms with Crippen molar-refractivity contribution in [2.75, 3.05) is 5.32 Å². The van der Waals surface area contributed by atoms with Crippen LogP contribution in [0.4, 0.5) is 5.69 Å². The molecule has 0 spiro atoms. The molecule has 3 nitrogen and oxygen atoms in total. The first-order valence-electron chi connectivity index (χ1n) is 6.03. The van der Waals surface area contributed by atoms with Gasteiger partial charge in [0.15, 0.2) is 0 Å². The van der Waals surface area contributed by atoms with Gasteiger partial charge in [0.05, 0.1) is 0 Å². The molecule has 0 atom stereocenters. The number of halogens is 2. The van der Waals surface area contributed by atoms with Crippen LogP contribution in [0.5, 0.6) is 0 Å². The molecule has 21 heavy (non-hydrogen) atoms. The van der Waals surface area contributed by atoms with E-state index in [1.807, 2.05) is 30.3 Å². The topological polar surface area (TPSA) is 52.9 Å². The van der Waals surface area contributed by atoms with Gasteiger partial charge >= 0.3 is 0 Å². The highest BCUT2D eigenvalue weighted by atomic mass is 127. The lowest BCUT2D eigenvalue weighted by atomic mass is 10.1. The van der Waals surface area contributed by atoms with Gasteiger partial charge in [0.2, 0.25) is 0 Å². The van der Waals surface area contributed by atoms with Crippen LogP contribution in [0.3, 0.4) is 0 Å². The summed E-state index contributed by atoms with van der Waals surface area (Å²) in [5.41, 5.74) is 1.48. The van der Waals surface area contributed by atoms with Gasteiger partial charge in [0, 0.05) is 14.3 Å². The van der Waals surface area contributed by atoms with E-state index in [1.54, 1.807) is 30.3 Å². The molecule has 0 saturated carbocycles. The number of anilines is 1. The highest BCUT2D eigenvalue weighted by Gasteiger charge is 2.10. The van der Waals surface area contributed by atoms with Gasteiger partial charge in [-0.15, -0.1) is 0 Å². The molecular weight excluding hydrogens is 399 g/mol. The zero-order valence-corrected chi connectivity index (χ0v) is 13.7. The van der Waals surface area contributed by atoms with E-state index in [0.29, 0.717) is 10.7 Å². The maximum absolute atomic E-state index is 12.1. The molecule has 1 N–H and O–H groups in total. The Morgan fingerprint density at radius 3 is 2.48 bits per heavy atom. The third-order valence-electron chi connectivity index (χ3n) is 2.67. The van der Waals surface area contributed by atoms with Crippen LogP contribution in [0.1, 0.15) is 5.56 Å². The van der Waals surface area contributed by atoms with Crippen LogP contribution in [0.15, 0.2) is 54.1 Å². The van der Waals surface area contributed by atoms with E-state index >= 15 is 0 Å². The highest BCUT2D eigenvalue weighted by Crippen LogP contribution is 2.17. The average Bonchev–Trinajstić information content (AvgIpc) is 2.48. The summed E-state index contributed by atoms with van der Waals surface area (Å²) in [6.07, 6.45) is 1.58. The van der Waals surface area contributed by atoms with Gasteiger partial charge in [-0.2, -0.15) is 5.26 Å². The minimum absolute atomic E-state index is 0.0501. The van der Waals surface area contributed by atoms with E-state index in [9.17, 15) is 4.79 Å². The molecule has 2 aromatic carbocycles. The number of hydrogen-bond donors (Lipinski definition) is 1. The summed E-state index contributed by atoms with van der Waals surface area (Å²) in [4.78, 5) is 12.1. The molecule has 0 unspecified atom stereocenters. The van der Waals surface area contributed by atoms with E-state index in [2.05, 4.69) is 27.9 Å². The lowest BCUT2D eigenvalue weighted by Gasteiger charge is -2.05. The van der Waals surface area contributed by atoms with Crippen LogP contribution >= 0.6 is 34.2 Å². The second-order valence-electron chi connectivity index (χ2n) is 4.15. The third kappa shape index (κ3) is 4.31. The summed E-state index contributed by atoms with van der Waals surface area (Å²) < 4.78 is 0.974. The Morgan fingerprint density at radius 1 is 1.19 bits per heavy atom. The quantitative estimate of drug-likeness (QED) is 0.462. The molecule has 0 heterocycles. The fraction of sp³-hybridized carbons (Fsp3) is 0. The predicted molar refractivity (Wildman–Crippen MR) is 92.8 cm³/mol. The van der Waals surface area contributed by atoms with Gasteiger partial charge in [-0.05, 0) is 64.6 Å². The maximum Gasteiger partial charge on any atom is 0.266 e. The molecule has 1 amide bonds. The molecule has 0 bridgehead atoms. The van der Waals surface area contributed by atoms with Gasteiger partial charge < -0.3 is 5.32 Å². The van der Waals surface area contributed by atoms with E-state index in [0.717, 1.165) is 9.13 Å². The Morgan fingerprint density at radius 2 is 1.86 bits per heavy atom. The van der Waals surface area contributed by atoms with Crippen LogP contribution in [0, 0.1) is 14.9 Å². The highest BCUT2D eigenvalue weighted by molar-refractivity contribution is 14.1. The van der Waals surface area contributed by atoms with Crippen molar-refractivity contribution in [3.05, 3.63) is 68.3 Å². The van der Waals surface area contributed by atoms with Gasteiger partial charge in [-0.1, -0.05) is 29.8 Å². The third-order valence-corrected chi connectivity index (χ3v) is 3.91. The lowest BCUT2D eigenvalue weighted by molar-refractivity contribution is -0.112. The fourth-order valence-electron chi connectivity index (χ4n) is 1.63. The summed E-state index contributed by atoms with van der Waals surface area (Å²) in [5, 5.41) is 12.4. The summed E-state index contributed by atoms with van der Waals surface area (Å²) in [5.74, 6) is -0.445. The summed E-state index contributed by atoms with van der Waals surface area (Å²) in [6.45, 7) is 0. The molecule has 0 aliphatic heterocycles. The van der Waals surface area contributed by atoms with Crippen molar-refractivity contribution in [2.45, 2.75) is 0 Å². The molecule has 0 aromatic heterocycles. The van der Waals surface area contributed by atoms with E-state index in [1.165, 1.54) is 0 Å². The molecule has 0 fully saturated rings. The van der Waals surface area contributed by atoms with Crippen molar-refractivity contribution in [2.24, 2.45) is 0 Å². The first-order valence-corrected chi connectivity index (χ1v) is 7.49. The van der Waals surface area contributed by atoms with Crippen LogP contribution in [-0.4, -0.2) is 5.91 Å². The van der Waals surface area contributed by atoms with Crippen LogP contribution in [0.25, 0.3) is 6.08 Å². The maximum atomic E-state index is 12.1. The Labute approximate surface area is 141 Å². The summed E-state index contributed by atoms with van der Waals surface area (Å²) in [6, 6.07) is 16.2. The number of carbonyl (C=O) groups excluding carboxylic acids is 1. The van der Waals surface area contributed by atoms with Gasteiger partial charge in [-0.3, -0.25) is 4.79 Å². The molecule has 0 aliphatic carbocycles. The zero-order valence-electron chi connectivity index (χ0n) is 10.8. The fourth-order valence-corrected chi connectivity index (χ4v) is 2.30. The smallest absolute Gasteiger partial charge is 0.266 e. The number of benzene rings is 2. The average molecular weight is 409 g/mol. The number of nitrogens with zero attached hydrogens (tertiary/aromatic N) is 1. The van der Waals surface area contributed by atoms with Crippen LogP contribution in [0.2, 0.25) is 5.02 Å². The first kappa shape index (κ1) is 15.5. The SMILES string of the molecule is N#C/C(=C/c1ccccc1I)C(=O)Nc1ccc(Cl)cc1. The largest absolute Gasteiger partial charge is 0.321 e. The lowest BCUT2D eigenvalue weighted by Crippen LogP contribution is -2.13. The Bertz CT molecular complexity index is 733. The van der Waals surface area contributed by atoms with Crippen molar-refractivity contribution >= 4 is 51.9 Å². The number of amides is 1. The molecule has 104 valence electrons. The zero-order chi connectivity index (χ0) is 15.2. The van der Waals surface area contributed by atoms with E-state index < -0.39 is 5.91 Å². The molecule has 0 radical (unpaired) electrons. The summed E-state index contributed by atoms with van der Waals surface area (Å²) >= 11 is 7.95. The Hall–Kier alpha value is -1.84. The van der Waals surface area contributed by atoms with E-state index in [-0.39, 0.29) is 5.57 Å². The monoisotopic (exact) mass is 408 g/mol. The van der Waals surface area contributed by atoms with E-state index in [4.69, 9.17) is 16.9 Å². The van der Waals surface area contributed by atoms with Crippen molar-refractivity contribution in [3.8, 4) is 6.07 Å². The molecule has 2 aromatic rings. The second kappa shape index (κ2) is 7.25. The summed E-state index contributed by atoms with van der Waals surface area (Å²) in [7, 11) is 0. The predicted octanol–water partition coefficient (Wildman–Crippen LogP) is 4.49. The number of carbonyl (C=O) groups is 1. The number of nitrogens with one attached hydrogen (secondary N) is 1. The minimum Gasteiger partial charge on any atom is -0.321 e. The van der Waals surface area contributed by atoms with Gasteiger partial charge in [0.25, 0.3) is 5.91 Å².